The molecule has 1 aliphatic rings. The van der Waals surface area contributed by atoms with Crippen LogP contribution >= 0.6 is 11.6 Å². The van der Waals surface area contributed by atoms with E-state index in [9.17, 15) is 28.2 Å². The molecule has 0 spiro atoms. The van der Waals surface area contributed by atoms with Crippen LogP contribution in [0, 0.1) is 0 Å². The topological polar surface area (TPSA) is 66.8 Å². The Morgan fingerprint density at radius 2 is 1.75 bits per heavy atom. The molecule has 4 nitrogen and oxygen atoms in total. The number of hydrogen-bond donors (Lipinski definition) is 2. The zero-order chi connectivity index (χ0) is 17.7. The van der Waals surface area contributed by atoms with Crippen molar-refractivity contribution in [2.75, 3.05) is 0 Å². The summed E-state index contributed by atoms with van der Waals surface area (Å²) in [6.07, 6.45) is -5.16. The highest BCUT2D eigenvalue weighted by Crippen LogP contribution is 2.54. The second-order valence-electron chi connectivity index (χ2n) is 5.35. The Bertz CT molecular complexity index is 804. The molecule has 2 atom stereocenters. The van der Waals surface area contributed by atoms with Gasteiger partial charge in [0.1, 0.15) is 17.4 Å². The first-order valence-electron chi connectivity index (χ1n) is 6.74. The van der Waals surface area contributed by atoms with Gasteiger partial charge in [-0.15, -0.1) is 0 Å². The molecule has 0 aliphatic carbocycles. The molecule has 2 aromatic rings. The summed E-state index contributed by atoms with van der Waals surface area (Å²) in [4.78, 5) is 12.2. The number of alkyl halides is 3. The Morgan fingerprint density at radius 1 is 1.12 bits per heavy atom. The highest BCUT2D eigenvalue weighted by molar-refractivity contribution is 6.30. The normalized spacial score (nSPS) is 23.5. The number of carbonyl (C=O) groups is 1. The molecule has 2 unspecified atom stereocenters. The van der Waals surface area contributed by atoms with Crippen LogP contribution < -0.4 is 4.74 Å². The van der Waals surface area contributed by atoms with Gasteiger partial charge in [-0.25, -0.2) is 0 Å². The summed E-state index contributed by atoms with van der Waals surface area (Å²) < 4.78 is 46.1. The van der Waals surface area contributed by atoms with E-state index in [2.05, 4.69) is 0 Å². The highest BCUT2D eigenvalue weighted by Gasteiger charge is 2.65. The highest BCUT2D eigenvalue weighted by atomic mass is 35.5. The second-order valence-corrected chi connectivity index (χ2v) is 5.79. The quantitative estimate of drug-likeness (QED) is 0.605. The molecule has 126 valence electrons. The molecule has 0 fully saturated rings. The molecule has 8 heteroatoms. The second kappa shape index (κ2) is 5.39. The standard InChI is InChI=1S/C16H10ClF3O4/c17-9-3-1-8(2-4-9)13-14(22)24-12-7-10(21)5-6-11(12)15(13,23)16(18,19)20/h1-7,13,21,23H. The van der Waals surface area contributed by atoms with Gasteiger partial charge in [-0.3, -0.25) is 4.79 Å². The van der Waals surface area contributed by atoms with Crippen molar-refractivity contribution in [1.82, 2.24) is 0 Å². The molecule has 3 rings (SSSR count). The third-order valence-corrected chi connectivity index (χ3v) is 4.13. The molecule has 0 radical (unpaired) electrons. The van der Waals surface area contributed by atoms with Gasteiger partial charge in [0.25, 0.3) is 0 Å². The molecular formula is C16H10ClF3O4. The van der Waals surface area contributed by atoms with Crippen LogP contribution in [0.2, 0.25) is 5.02 Å². The average molecular weight is 359 g/mol. The lowest BCUT2D eigenvalue weighted by Crippen LogP contribution is -2.53. The van der Waals surface area contributed by atoms with Gasteiger partial charge in [0.2, 0.25) is 5.60 Å². The molecule has 1 heterocycles. The van der Waals surface area contributed by atoms with Crippen molar-refractivity contribution in [3.63, 3.8) is 0 Å². The first-order valence-corrected chi connectivity index (χ1v) is 7.12. The first-order chi connectivity index (χ1) is 11.1. The monoisotopic (exact) mass is 358 g/mol. The van der Waals surface area contributed by atoms with Crippen molar-refractivity contribution in [2.24, 2.45) is 0 Å². The van der Waals surface area contributed by atoms with Crippen molar-refractivity contribution in [3.8, 4) is 11.5 Å². The molecule has 1 aliphatic heterocycles. The van der Waals surface area contributed by atoms with Gasteiger partial charge in [-0.2, -0.15) is 13.2 Å². The number of carbonyl (C=O) groups excluding carboxylic acids is 1. The summed E-state index contributed by atoms with van der Waals surface area (Å²) >= 11 is 5.72. The summed E-state index contributed by atoms with van der Waals surface area (Å²) in [7, 11) is 0. The molecule has 0 aromatic heterocycles. The number of aliphatic hydroxyl groups is 1. The van der Waals surface area contributed by atoms with Crippen LogP contribution in [0.15, 0.2) is 42.5 Å². The SMILES string of the molecule is O=C1Oc2cc(O)ccc2C(O)(C(F)(F)F)C1c1ccc(Cl)cc1. The number of phenolic OH excluding ortho intramolecular Hbond substituents is 1. The number of fused-ring (bicyclic) bond motifs is 1. The van der Waals surface area contributed by atoms with E-state index in [1.54, 1.807) is 0 Å². The number of aromatic hydroxyl groups is 1. The van der Waals surface area contributed by atoms with E-state index in [1.165, 1.54) is 24.3 Å². The molecule has 2 N–H and O–H groups in total. The Morgan fingerprint density at radius 3 is 2.33 bits per heavy atom. The van der Waals surface area contributed by atoms with Crippen LogP contribution in [0.3, 0.4) is 0 Å². The molecule has 0 saturated heterocycles. The fourth-order valence-electron chi connectivity index (χ4n) is 2.75. The number of hydrogen-bond acceptors (Lipinski definition) is 4. The predicted molar refractivity (Wildman–Crippen MR) is 77.9 cm³/mol. The summed E-state index contributed by atoms with van der Waals surface area (Å²) in [6.45, 7) is 0. The van der Waals surface area contributed by atoms with E-state index in [4.69, 9.17) is 16.3 Å². The maximum atomic E-state index is 13.7. The first kappa shape index (κ1) is 16.6. The van der Waals surface area contributed by atoms with Gasteiger partial charge in [0.05, 0.1) is 0 Å². The van der Waals surface area contributed by atoms with Gasteiger partial charge in [-0.1, -0.05) is 23.7 Å². The zero-order valence-electron chi connectivity index (χ0n) is 11.8. The lowest BCUT2D eigenvalue weighted by Gasteiger charge is -2.40. The lowest BCUT2D eigenvalue weighted by molar-refractivity contribution is -0.278. The van der Waals surface area contributed by atoms with Crippen LogP contribution in [-0.4, -0.2) is 22.4 Å². The smallest absolute Gasteiger partial charge is 0.422 e. The molecule has 0 saturated carbocycles. The minimum absolute atomic E-state index is 0.0945. The van der Waals surface area contributed by atoms with E-state index >= 15 is 0 Å². The van der Waals surface area contributed by atoms with Gasteiger partial charge < -0.3 is 14.9 Å². The van der Waals surface area contributed by atoms with Crippen LogP contribution in [-0.2, 0) is 10.4 Å². The number of ether oxygens (including phenoxy) is 1. The van der Waals surface area contributed by atoms with E-state index < -0.39 is 40.7 Å². The van der Waals surface area contributed by atoms with Crippen LogP contribution in [0.25, 0.3) is 0 Å². The number of phenols is 1. The average Bonchev–Trinajstić information content (AvgIpc) is 2.47. The van der Waals surface area contributed by atoms with Crippen molar-refractivity contribution < 1.29 is 32.9 Å². The van der Waals surface area contributed by atoms with E-state index in [0.717, 1.165) is 18.2 Å². The van der Waals surface area contributed by atoms with Crippen molar-refractivity contribution >= 4 is 17.6 Å². The summed E-state index contributed by atoms with van der Waals surface area (Å²) in [5, 5.41) is 20.2. The molecule has 2 aromatic carbocycles. The number of rotatable bonds is 1. The molecular weight excluding hydrogens is 349 g/mol. The number of benzene rings is 2. The van der Waals surface area contributed by atoms with Crippen LogP contribution in [0.5, 0.6) is 11.5 Å². The largest absolute Gasteiger partial charge is 0.508 e. The summed E-state index contributed by atoms with van der Waals surface area (Å²) in [5.74, 6) is -4.23. The molecule has 0 amide bonds. The van der Waals surface area contributed by atoms with Crippen molar-refractivity contribution in [1.29, 1.82) is 0 Å². The maximum Gasteiger partial charge on any atom is 0.422 e. The molecule has 0 bridgehead atoms. The fourth-order valence-corrected chi connectivity index (χ4v) is 2.88. The Hall–Kier alpha value is -2.25. The number of esters is 1. The predicted octanol–water partition coefficient (Wildman–Crippen LogP) is 3.50. The van der Waals surface area contributed by atoms with E-state index in [1.807, 2.05) is 0 Å². The summed E-state index contributed by atoms with van der Waals surface area (Å²) in [6, 6.07) is 7.77. The van der Waals surface area contributed by atoms with E-state index in [-0.39, 0.29) is 10.6 Å². The zero-order valence-corrected chi connectivity index (χ0v) is 12.6. The van der Waals surface area contributed by atoms with Gasteiger partial charge >= 0.3 is 12.1 Å². The molecule has 24 heavy (non-hydrogen) atoms. The van der Waals surface area contributed by atoms with Gasteiger partial charge in [0, 0.05) is 16.7 Å². The Balaban J connectivity index is 2.26. The number of halogens is 4. The van der Waals surface area contributed by atoms with Crippen molar-refractivity contribution in [2.45, 2.75) is 17.7 Å². The minimum Gasteiger partial charge on any atom is -0.508 e. The fraction of sp³-hybridized carbons (Fsp3) is 0.188. The van der Waals surface area contributed by atoms with Crippen LogP contribution in [0.1, 0.15) is 17.0 Å². The van der Waals surface area contributed by atoms with Crippen LogP contribution in [0.4, 0.5) is 13.2 Å². The summed E-state index contributed by atoms with van der Waals surface area (Å²) in [5.41, 5.74) is -4.24. The van der Waals surface area contributed by atoms with Crippen molar-refractivity contribution in [3.05, 3.63) is 58.6 Å². The van der Waals surface area contributed by atoms with E-state index in [0.29, 0.717) is 0 Å². The Kier molecular flexibility index (Phi) is 3.73. The van der Waals surface area contributed by atoms with Gasteiger partial charge in [0.15, 0.2) is 0 Å². The maximum absolute atomic E-state index is 13.7. The third-order valence-electron chi connectivity index (χ3n) is 3.88. The lowest BCUT2D eigenvalue weighted by atomic mass is 9.74. The van der Waals surface area contributed by atoms with Gasteiger partial charge in [-0.05, 0) is 29.8 Å². The minimum atomic E-state index is -5.16. The third kappa shape index (κ3) is 2.40. The Labute approximate surface area is 139 Å².